The smallest absolute Gasteiger partial charge is 0.154 e. The van der Waals surface area contributed by atoms with Crippen molar-refractivity contribution in [3.63, 3.8) is 0 Å². The normalized spacial score (nSPS) is 16.9. The van der Waals surface area contributed by atoms with Gasteiger partial charge in [-0.15, -0.1) is 0 Å². The van der Waals surface area contributed by atoms with E-state index in [9.17, 15) is 0 Å². The van der Waals surface area contributed by atoms with E-state index in [1.165, 1.54) is 0 Å². The Bertz CT molecular complexity index is 765. The number of halogens is 1. The predicted octanol–water partition coefficient (Wildman–Crippen LogP) is 1.84. The molecule has 0 atom stereocenters. The third kappa shape index (κ3) is 3.32. The molecule has 1 aliphatic heterocycles. The van der Waals surface area contributed by atoms with E-state index in [4.69, 9.17) is 28.5 Å². The maximum absolute atomic E-state index is 8.28. The van der Waals surface area contributed by atoms with Crippen LogP contribution in [0, 0.1) is 5.41 Å². The number of rotatable bonds is 3. The van der Waals surface area contributed by atoms with Crippen LogP contribution in [-0.4, -0.2) is 39.3 Å². The summed E-state index contributed by atoms with van der Waals surface area (Å²) in [5.74, 6) is 0.912. The van der Waals surface area contributed by atoms with Gasteiger partial charge in [-0.25, -0.2) is 15.0 Å². The fourth-order valence-corrected chi connectivity index (χ4v) is 2.90. The first-order valence-electron chi connectivity index (χ1n) is 7.73. The van der Waals surface area contributed by atoms with Gasteiger partial charge in [0.05, 0.1) is 11.9 Å². The second kappa shape index (κ2) is 6.33. The molecule has 126 valence electrons. The third-order valence-corrected chi connectivity index (χ3v) is 4.58. The lowest BCUT2D eigenvalue weighted by atomic mass is 9.91. The van der Waals surface area contributed by atoms with Crippen molar-refractivity contribution in [2.24, 2.45) is 5.73 Å². The molecule has 8 heteroatoms. The topological polar surface area (TPSA) is 118 Å². The van der Waals surface area contributed by atoms with Crippen LogP contribution in [0.25, 0.3) is 0 Å². The summed E-state index contributed by atoms with van der Waals surface area (Å²) in [7, 11) is 0. The maximum Gasteiger partial charge on any atom is 0.154 e. The van der Waals surface area contributed by atoms with E-state index in [1.54, 1.807) is 24.5 Å². The zero-order valence-electron chi connectivity index (χ0n) is 13.5. The van der Waals surface area contributed by atoms with Gasteiger partial charge in [-0.3, -0.25) is 5.41 Å². The fraction of sp³-hybridized carbons (Fsp3) is 0.375. The average molecular weight is 346 g/mol. The molecule has 7 nitrogen and oxygen atoms in total. The molecule has 1 saturated heterocycles. The molecule has 0 aromatic carbocycles. The maximum atomic E-state index is 8.28. The number of aromatic nitrogens is 3. The highest BCUT2D eigenvalue weighted by atomic mass is 35.5. The van der Waals surface area contributed by atoms with E-state index in [-0.39, 0.29) is 22.2 Å². The summed E-state index contributed by atoms with van der Waals surface area (Å²) in [5.41, 5.74) is 13.0. The van der Waals surface area contributed by atoms with Crippen LogP contribution >= 0.6 is 11.6 Å². The van der Waals surface area contributed by atoms with Crippen LogP contribution in [0.15, 0.2) is 24.5 Å². The number of hydrogen-bond donors (Lipinski definition) is 3. The van der Waals surface area contributed by atoms with E-state index < -0.39 is 0 Å². The summed E-state index contributed by atoms with van der Waals surface area (Å²) < 4.78 is 0. The number of nitrogens with one attached hydrogen (secondary N) is 1. The van der Waals surface area contributed by atoms with Gasteiger partial charge in [0.1, 0.15) is 16.7 Å². The second-order valence-electron chi connectivity index (χ2n) is 6.32. The van der Waals surface area contributed by atoms with Gasteiger partial charge >= 0.3 is 0 Å². The Morgan fingerprint density at radius 3 is 2.67 bits per heavy atom. The monoisotopic (exact) mass is 345 g/mol. The van der Waals surface area contributed by atoms with Gasteiger partial charge in [-0.1, -0.05) is 11.6 Å². The minimum Gasteiger partial charge on any atom is -0.382 e. The highest BCUT2D eigenvalue weighted by Crippen LogP contribution is 2.25. The molecule has 0 unspecified atom stereocenters. The molecule has 5 N–H and O–H groups in total. The van der Waals surface area contributed by atoms with Crippen LogP contribution in [0.2, 0.25) is 5.15 Å². The van der Waals surface area contributed by atoms with Gasteiger partial charge in [0.2, 0.25) is 0 Å². The Kier molecular flexibility index (Phi) is 4.38. The summed E-state index contributed by atoms with van der Waals surface area (Å²) in [6, 6.07) is 3.42. The van der Waals surface area contributed by atoms with Gasteiger partial charge in [0.25, 0.3) is 0 Å². The van der Waals surface area contributed by atoms with E-state index in [2.05, 4.69) is 26.8 Å². The summed E-state index contributed by atoms with van der Waals surface area (Å²) >= 11 is 6.04. The van der Waals surface area contributed by atoms with Gasteiger partial charge in [-0.05, 0) is 31.9 Å². The summed E-state index contributed by atoms with van der Waals surface area (Å²) in [5, 5.41) is 8.52. The van der Waals surface area contributed by atoms with Crippen LogP contribution in [0.3, 0.4) is 0 Å². The Hall–Kier alpha value is -2.25. The molecular formula is C16H20ClN7. The van der Waals surface area contributed by atoms with Crippen molar-refractivity contribution < 1.29 is 0 Å². The van der Waals surface area contributed by atoms with Crippen molar-refractivity contribution in [1.29, 1.82) is 5.41 Å². The van der Waals surface area contributed by atoms with Crippen LogP contribution < -0.4 is 16.4 Å². The third-order valence-electron chi connectivity index (χ3n) is 4.28. The molecule has 0 saturated carbocycles. The molecule has 0 aliphatic carbocycles. The van der Waals surface area contributed by atoms with Crippen LogP contribution in [0.1, 0.15) is 31.0 Å². The highest BCUT2D eigenvalue weighted by molar-refractivity contribution is 6.34. The van der Waals surface area contributed by atoms with Crippen molar-refractivity contribution in [2.45, 2.75) is 25.3 Å². The van der Waals surface area contributed by atoms with Crippen molar-refractivity contribution in [3.05, 3.63) is 40.9 Å². The van der Waals surface area contributed by atoms with Crippen LogP contribution in [0.4, 0.5) is 11.6 Å². The van der Waals surface area contributed by atoms with Gasteiger partial charge in [0, 0.05) is 30.4 Å². The molecule has 1 fully saturated rings. The fourth-order valence-electron chi connectivity index (χ4n) is 2.69. The number of piperidine rings is 1. The van der Waals surface area contributed by atoms with Crippen LogP contribution in [0.5, 0.6) is 0 Å². The molecule has 2 aromatic rings. The lowest BCUT2D eigenvalue weighted by Crippen LogP contribution is -2.48. The summed E-state index contributed by atoms with van der Waals surface area (Å²) in [6.07, 6.45) is 4.98. The SMILES string of the molecule is CC1(N)CCN(c2cnc(C(=N)c3cccnc3Cl)c(N)n2)CC1. The number of anilines is 2. The molecule has 0 amide bonds. The number of nitrogens with two attached hydrogens (primary N) is 2. The lowest BCUT2D eigenvalue weighted by Gasteiger charge is -2.37. The first kappa shape index (κ1) is 16.6. The molecule has 0 spiro atoms. The molecule has 3 heterocycles. The van der Waals surface area contributed by atoms with E-state index >= 15 is 0 Å². The van der Waals surface area contributed by atoms with E-state index in [0.717, 1.165) is 25.9 Å². The van der Waals surface area contributed by atoms with E-state index in [0.29, 0.717) is 17.1 Å². The zero-order chi connectivity index (χ0) is 17.3. The summed E-state index contributed by atoms with van der Waals surface area (Å²) in [4.78, 5) is 14.8. The van der Waals surface area contributed by atoms with Crippen molar-refractivity contribution in [2.75, 3.05) is 23.7 Å². The van der Waals surface area contributed by atoms with Crippen LogP contribution in [-0.2, 0) is 0 Å². The van der Waals surface area contributed by atoms with Crippen molar-refractivity contribution in [3.8, 4) is 0 Å². The highest BCUT2D eigenvalue weighted by Gasteiger charge is 2.27. The molecule has 3 rings (SSSR count). The standard InChI is InChI=1S/C16H20ClN7/c1-16(20)4-7-24(8-5-16)11-9-22-13(15(19)23-11)12(18)10-3-2-6-21-14(10)17/h2-3,6,9,18H,4-5,7-8,20H2,1H3,(H2,19,23). The molecule has 0 bridgehead atoms. The largest absolute Gasteiger partial charge is 0.382 e. The van der Waals surface area contributed by atoms with E-state index in [1.807, 2.05) is 0 Å². The van der Waals surface area contributed by atoms with Gasteiger partial charge in [0.15, 0.2) is 5.82 Å². The Balaban J connectivity index is 1.83. The number of nitrogen functional groups attached to an aromatic ring is 1. The van der Waals surface area contributed by atoms with Gasteiger partial charge in [-0.2, -0.15) is 0 Å². The summed E-state index contributed by atoms with van der Waals surface area (Å²) in [6.45, 7) is 3.69. The quantitative estimate of drug-likeness (QED) is 0.577. The number of hydrogen-bond acceptors (Lipinski definition) is 7. The van der Waals surface area contributed by atoms with Crippen molar-refractivity contribution >= 4 is 28.9 Å². The molecule has 1 aliphatic rings. The minimum atomic E-state index is -0.130. The predicted molar refractivity (Wildman–Crippen MR) is 95.7 cm³/mol. The Morgan fingerprint density at radius 1 is 1.33 bits per heavy atom. The Labute approximate surface area is 145 Å². The Morgan fingerprint density at radius 2 is 2.04 bits per heavy atom. The average Bonchev–Trinajstić information content (AvgIpc) is 2.54. The second-order valence-corrected chi connectivity index (χ2v) is 6.68. The number of nitrogens with zero attached hydrogens (tertiary/aromatic N) is 4. The molecule has 2 aromatic heterocycles. The zero-order valence-corrected chi connectivity index (χ0v) is 14.2. The molecule has 0 radical (unpaired) electrons. The number of pyridine rings is 1. The minimum absolute atomic E-state index is 0.109. The lowest BCUT2D eigenvalue weighted by molar-refractivity contribution is 0.363. The van der Waals surface area contributed by atoms with Gasteiger partial charge < -0.3 is 16.4 Å². The molecule has 24 heavy (non-hydrogen) atoms. The van der Waals surface area contributed by atoms with Crippen molar-refractivity contribution in [1.82, 2.24) is 15.0 Å². The first-order chi connectivity index (χ1) is 11.4. The molecular weight excluding hydrogens is 326 g/mol. The first-order valence-corrected chi connectivity index (χ1v) is 8.11.